The van der Waals surface area contributed by atoms with Gasteiger partial charge in [-0.1, -0.05) is 35.4 Å². The number of ether oxygens (including phenoxy) is 2. The third kappa shape index (κ3) is 6.47. The van der Waals surface area contributed by atoms with Gasteiger partial charge in [0.2, 0.25) is 5.91 Å². The van der Waals surface area contributed by atoms with Crippen molar-refractivity contribution in [1.82, 2.24) is 5.32 Å². The van der Waals surface area contributed by atoms with Crippen LogP contribution in [-0.2, 0) is 14.3 Å². The number of hydrogen-bond acceptors (Lipinski definition) is 5. The standard InChI is InChI=1S/C25H30ClNO6/c1-15-9-16(2)24(32-14-23(30)31)19(10-15)21-13-25(3,27-22(29)7-8-28)12-20(33-21)17-5-4-6-18(26)11-17/h4-6,9-11,20-21,28H,7-8,12-14H2,1-3H3,(H,27,29)(H,30,31)/t20-,21+,25+/m0/s1. The zero-order valence-electron chi connectivity index (χ0n) is 19.1. The van der Waals surface area contributed by atoms with E-state index >= 15 is 0 Å². The fourth-order valence-corrected chi connectivity index (χ4v) is 4.64. The molecule has 2 aromatic rings. The summed E-state index contributed by atoms with van der Waals surface area (Å²) in [6, 6.07) is 11.3. The second-order valence-corrected chi connectivity index (χ2v) is 9.28. The number of carboxylic acids is 1. The molecular weight excluding hydrogens is 446 g/mol. The van der Waals surface area contributed by atoms with Crippen LogP contribution in [0.1, 0.15) is 60.6 Å². The molecule has 3 N–H and O–H groups in total. The van der Waals surface area contributed by atoms with Crippen LogP contribution in [0.2, 0.25) is 5.02 Å². The van der Waals surface area contributed by atoms with E-state index in [2.05, 4.69) is 5.32 Å². The van der Waals surface area contributed by atoms with Gasteiger partial charge in [-0.15, -0.1) is 0 Å². The summed E-state index contributed by atoms with van der Waals surface area (Å²) in [5, 5.41) is 22.0. The Morgan fingerprint density at radius 3 is 2.61 bits per heavy atom. The average Bonchev–Trinajstić information content (AvgIpc) is 2.71. The number of amides is 1. The van der Waals surface area contributed by atoms with E-state index in [-0.39, 0.29) is 25.0 Å². The van der Waals surface area contributed by atoms with Crippen molar-refractivity contribution in [3.8, 4) is 5.75 Å². The van der Waals surface area contributed by atoms with Crippen LogP contribution in [0.3, 0.4) is 0 Å². The molecule has 2 aromatic carbocycles. The number of aliphatic hydroxyl groups excluding tert-OH is 1. The monoisotopic (exact) mass is 475 g/mol. The number of halogens is 1. The van der Waals surface area contributed by atoms with Crippen LogP contribution in [0, 0.1) is 13.8 Å². The van der Waals surface area contributed by atoms with Crippen LogP contribution in [0.25, 0.3) is 0 Å². The summed E-state index contributed by atoms with van der Waals surface area (Å²) in [7, 11) is 0. The SMILES string of the molecule is Cc1cc(C)c(OCC(=O)O)c([C@H]2C[C@](C)(NC(=O)CCO)C[C@@H](c3cccc(Cl)c3)O2)c1. The zero-order valence-corrected chi connectivity index (χ0v) is 19.8. The zero-order chi connectivity index (χ0) is 24.2. The Bertz CT molecular complexity index is 1030. The van der Waals surface area contributed by atoms with Crippen molar-refractivity contribution in [2.75, 3.05) is 13.2 Å². The Hall–Kier alpha value is -2.61. The van der Waals surface area contributed by atoms with Crippen LogP contribution in [-0.4, -0.2) is 40.8 Å². The van der Waals surface area contributed by atoms with Gasteiger partial charge in [0, 0.05) is 35.4 Å². The van der Waals surface area contributed by atoms with Crippen molar-refractivity contribution in [2.45, 2.75) is 57.8 Å². The molecule has 1 heterocycles. The second-order valence-electron chi connectivity index (χ2n) is 8.84. The minimum absolute atomic E-state index is 0.0134. The first kappa shape index (κ1) is 25.0. The van der Waals surface area contributed by atoms with Crippen molar-refractivity contribution in [2.24, 2.45) is 0 Å². The van der Waals surface area contributed by atoms with Crippen molar-refractivity contribution in [3.05, 3.63) is 63.7 Å². The molecule has 3 rings (SSSR count). The second kappa shape index (κ2) is 10.5. The molecule has 1 fully saturated rings. The highest BCUT2D eigenvalue weighted by molar-refractivity contribution is 6.30. The average molecular weight is 476 g/mol. The molecule has 0 aliphatic carbocycles. The van der Waals surface area contributed by atoms with Gasteiger partial charge in [-0.3, -0.25) is 4.79 Å². The lowest BCUT2D eigenvalue weighted by Crippen LogP contribution is -2.51. The molecular formula is C25H30ClNO6. The highest BCUT2D eigenvalue weighted by atomic mass is 35.5. The first-order chi connectivity index (χ1) is 15.6. The van der Waals surface area contributed by atoms with E-state index < -0.39 is 24.2 Å². The highest BCUT2D eigenvalue weighted by Crippen LogP contribution is 2.47. The fraction of sp³-hybridized carbons (Fsp3) is 0.440. The molecule has 1 aliphatic heterocycles. The number of nitrogens with one attached hydrogen (secondary N) is 1. The molecule has 1 aliphatic rings. The van der Waals surface area contributed by atoms with Gasteiger partial charge >= 0.3 is 5.97 Å². The summed E-state index contributed by atoms with van der Waals surface area (Å²) in [6.07, 6.45) is 0.143. The number of hydrogen-bond donors (Lipinski definition) is 3. The molecule has 0 spiro atoms. The summed E-state index contributed by atoms with van der Waals surface area (Å²) >= 11 is 6.22. The Labute approximate surface area is 198 Å². The van der Waals surface area contributed by atoms with E-state index in [1.165, 1.54) is 0 Å². The maximum Gasteiger partial charge on any atom is 0.341 e. The molecule has 178 valence electrons. The predicted molar refractivity (Wildman–Crippen MR) is 125 cm³/mol. The molecule has 0 bridgehead atoms. The van der Waals surface area contributed by atoms with Crippen molar-refractivity contribution in [1.29, 1.82) is 0 Å². The molecule has 1 saturated heterocycles. The van der Waals surface area contributed by atoms with Crippen LogP contribution < -0.4 is 10.1 Å². The number of carboxylic acid groups (broad SMARTS) is 1. The quantitative estimate of drug-likeness (QED) is 0.526. The Morgan fingerprint density at radius 1 is 1.21 bits per heavy atom. The van der Waals surface area contributed by atoms with Crippen molar-refractivity contribution < 1.29 is 29.3 Å². The van der Waals surface area contributed by atoms with Gasteiger partial charge in [0.05, 0.1) is 18.8 Å². The molecule has 1 amide bonds. The Morgan fingerprint density at radius 2 is 1.94 bits per heavy atom. The lowest BCUT2D eigenvalue weighted by Gasteiger charge is -2.44. The molecule has 8 heteroatoms. The number of carbonyl (C=O) groups is 2. The van der Waals surface area contributed by atoms with Gasteiger partial charge in [-0.2, -0.15) is 0 Å². The maximum atomic E-state index is 12.4. The van der Waals surface area contributed by atoms with E-state index in [9.17, 15) is 14.7 Å². The number of carbonyl (C=O) groups excluding carboxylic acids is 1. The lowest BCUT2D eigenvalue weighted by molar-refractivity contribution is -0.139. The maximum absolute atomic E-state index is 12.4. The first-order valence-corrected chi connectivity index (χ1v) is 11.3. The molecule has 0 saturated carbocycles. The van der Waals surface area contributed by atoms with E-state index in [4.69, 9.17) is 26.2 Å². The van der Waals surface area contributed by atoms with Gasteiger partial charge in [0.25, 0.3) is 0 Å². The van der Waals surface area contributed by atoms with E-state index in [1.807, 2.05) is 51.1 Å². The minimum Gasteiger partial charge on any atom is -0.481 e. The van der Waals surface area contributed by atoms with Gasteiger partial charge in [0.1, 0.15) is 5.75 Å². The van der Waals surface area contributed by atoms with Gasteiger partial charge in [-0.05, 0) is 50.1 Å². The Balaban J connectivity index is 2.02. The number of rotatable bonds is 8. The largest absolute Gasteiger partial charge is 0.481 e. The summed E-state index contributed by atoms with van der Waals surface area (Å²) in [5.41, 5.74) is 2.79. The van der Waals surface area contributed by atoms with Crippen molar-refractivity contribution >= 4 is 23.5 Å². The molecule has 3 atom stereocenters. The molecule has 0 radical (unpaired) electrons. The highest BCUT2D eigenvalue weighted by Gasteiger charge is 2.41. The smallest absolute Gasteiger partial charge is 0.341 e. The summed E-state index contributed by atoms with van der Waals surface area (Å²) in [4.78, 5) is 23.5. The topological polar surface area (TPSA) is 105 Å². The van der Waals surface area contributed by atoms with E-state index in [0.717, 1.165) is 22.3 Å². The normalized spacial score (nSPS) is 22.6. The first-order valence-electron chi connectivity index (χ1n) is 10.9. The van der Waals surface area contributed by atoms with Crippen molar-refractivity contribution in [3.63, 3.8) is 0 Å². The van der Waals surface area contributed by atoms with E-state index in [1.54, 1.807) is 6.07 Å². The third-order valence-corrected chi connectivity index (χ3v) is 5.97. The van der Waals surface area contributed by atoms with Gasteiger partial charge in [-0.25, -0.2) is 4.79 Å². The van der Waals surface area contributed by atoms with Gasteiger partial charge < -0.3 is 25.0 Å². The fourth-order valence-electron chi connectivity index (χ4n) is 4.44. The van der Waals surface area contributed by atoms with Crippen LogP contribution in [0.4, 0.5) is 0 Å². The van der Waals surface area contributed by atoms with Crippen LogP contribution in [0.5, 0.6) is 5.75 Å². The minimum atomic E-state index is -1.07. The van der Waals surface area contributed by atoms with Gasteiger partial charge in [0.15, 0.2) is 6.61 Å². The number of aryl methyl sites for hydroxylation is 2. The summed E-state index contributed by atoms with van der Waals surface area (Å²) < 4.78 is 12.2. The van der Waals surface area contributed by atoms with E-state index in [0.29, 0.717) is 23.6 Å². The number of benzene rings is 2. The van der Waals surface area contributed by atoms with Crippen LogP contribution >= 0.6 is 11.6 Å². The Kier molecular flexibility index (Phi) is 8.00. The molecule has 33 heavy (non-hydrogen) atoms. The number of aliphatic hydroxyl groups is 1. The molecule has 0 aromatic heterocycles. The van der Waals surface area contributed by atoms with Crippen LogP contribution in [0.15, 0.2) is 36.4 Å². The summed E-state index contributed by atoms with van der Waals surface area (Å²) in [5.74, 6) is -0.833. The third-order valence-electron chi connectivity index (χ3n) is 5.74. The lowest BCUT2D eigenvalue weighted by atomic mass is 9.80. The molecule has 7 nitrogen and oxygen atoms in total. The molecule has 0 unspecified atom stereocenters. The predicted octanol–water partition coefficient (Wildman–Crippen LogP) is 4.27. The summed E-state index contributed by atoms with van der Waals surface area (Å²) in [6.45, 7) is 5.08. The number of aliphatic carboxylic acids is 1.